The third-order valence-electron chi connectivity index (χ3n) is 2.85. The molecule has 0 spiro atoms. The van der Waals surface area contributed by atoms with Gasteiger partial charge in [-0.15, -0.1) is 11.8 Å². The molecule has 0 radical (unpaired) electrons. The molecule has 1 aliphatic rings. The van der Waals surface area contributed by atoms with Crippen LogP contribution in [0.25, 0.3) is 0 Å². The molecule has 1 aromatic rings. The summed E-state index contributed by atoms with van der Waals surface area (Å²) in [6, 6.07) is 6.67. The van der Waals surface area contributed by atoms with Crippen molar-refractivity contribution in [3.05, 3.63) is 29.3 Å². The van der Waals surface area contributed by atoms with Crippen molar-refractivity contribution >= 4 is 30.3 Å². The molecule has 2 nitrogen and oxygen atoms in total. The van der Waals surface area contributed by atoms with Gasteiger partial charge in [-0.05, 0) is 42.2 Å². The topological polar surface area (TPSA) is 29.1 Å². The van der Waals surface area contributed by atoms with Crippen molar-refractivity contribution in [2.45, 2.75) is 24.2 Å². The monoisotopic (exact) mass is 267 g/mol. The number of aryl methyl sites for hydroxylation is 1. The van der Waals surface area contributed by atoms with Crippen LogP contribution in [-0.2, 0) is 17.6 Å². The van der Waals surface area contributed by atoms with Crippen molar-refractivity contribution in [3.8, 4) is 0 Å². The number of fused-ring (bicyclic) bond motifs is 1. The number of thiol groups is 1. The maximum atomic E-state index is 11.0. The van der Waals surface area contributed by atoms with E-state index < -0.39 is 0 Å². The SMILES string of the molecule is O=C(CS)NCCc1ccc2c(c1)CCCS2. The molecule has 1 N–H and O–H groups in total. The van der Waals surface area contributed by atoms with E-state index in [1.807, 2.05) is 11.8 Å². The van der Waals surface area contributed by atoms with E-state index in [2.05, 4.69) is 36.1 Å². The smallest absolute Gasteiger partial charge is 0.229 e. The summed E-state index contributed by atoms with van der Waals surface area (Å²) in [5.41, 5.74) is 2.78. The molecule has 1 aromatic carbocycles. The zero-order valence-electron chi connectivity index (χ0n) is 9.74. The van der Waals surface area contributed by atoms with E-state index in [0.29, 0.717) is 6.54 Å². The van der Waals surface area contributed by atoms with E-state index in [-0.39, 0.29) is 11.7 Å². The number of benzene rings is 1. The summed E-state index contributed by atoms with van der Waals surface area (Å²) in [4.78, 5) is 12.5. The number of thioether (sulfide) groups is 1. The molecule has 0 fully saturated rings. The molecule has 4 heteroatoms. The number of nitrogens with one attached hydrogen (secondary N) is 1. The molecule has 0 aromatic heterocycles. The maximum absolute atomic E-state index is 11.0. The molecule has 0 unspecified atom stereocenters. The highest BCUT2D eigenvalue weighted by Crippen LogP contribution is 2.30. The molecule has 0 saturated carbocycles. The minimum Gasteiger partial charge on any atom is -0.355 e. The van der Waals surface area contributed by atoms with Gasteiger partial charge < -0.3 is 5.32 Å². The molecular formula is C13H17NOS2. The average Bonchev–Trinajstić information content (AvgIpc) is 2.38. The van der Waals surface area contributed by atoms with Crippen molar-refractivity contribution in [3.63, 3.8) is 0 Å². The maximum Gasteiger partial charge on any atom is 0.229 e. The number of hydrogen-bond acceptors (Lipinski definition) is 3. The fourth-order valence-corrected chi connectivity index (χ4v) is 3.10. The molecule has 1 heterocycles. The van der Waals surface area contributed by atoms with Crippen LogP contribution >= 0.6 is 24.4 Å². The summed E-state index contributed by atoms with van der Waals surface area (Å²) < 4.78 is 0. The number of carbonyl (C=O) groups excluding carboxylic acids is 1. The van der Waals surface area contributed by atoms with Crippen LogP contribution in [0.1, 0.15) is 17.5 Å². The molecule has 0 saturated heterocycles. The van der Waals surface area contributed by atoms with Gasteiger partial charge in [0.1, 0.15) is 0 Å². The van der Waals surface area contributed by atoms with Crippen molar-refractivity contribution in [2.24, 2.45) is 0 Å². The molecule has 92 valence electrons. The van der Waals surface area contributed by atoms with Crippen LogP contribution in [0.4, 0.5) is 0 Å². The summed E-state index contributed by atoms with van der Waals surface area (Å²) in [6.45, 7) is 0.700. The van der Waals surface area contributed by atoms with E-state index in [1.54, 1.807) is 0 Å². The largest absolute Gasteiger partial charge is 0.355 e. The Hall–Kier alpha value is -0.610. The van der Waals surface area contributed by atoms with E-state index >= 15 is 0 Å². The fourth-order valence-electron chi connectivity index (χ4n) is 1.97. The Kier molecular flexibility index (Phi) is 4.80. The molecule has 17 heavy (non-hydrogen) atoms. The van der Waals surface area contributed by atoms with Gasteiger partial charge in [-0.25, -0.2) is 0 Å². The highest BCUT2D eigenvalue weighted by Gasteiger charge is 2.09. The van der Waals surface area contributed by atoms with Gasteiger partial charge in [0.15, 0.2) is 0 Å². The number of carbonyl (C=O) groups is 1. The van der Waals surface area contributed by atoms with Gasteiger partial charge in [0, 0.05) is 11.4 Å². The first-order valence-corrected chi connectivity index (χ1v) is 7.53. The third kappa shape index (κ3) is 3.68. The number of hydrogen-bond donors (Lipinski definition) is 2. The van der Waals surface area contributed by atoms with Crippen LogP contribution in [0.5, 0.6) is 0 Å². The first-order valence-electron chi connectivity index (χ1n) is 5.92. The Morgan fingerprint density at radius 1 is 1.47 bits per heavy atom. The van der Waals surface area contributed by atoms with E-state index in [4.69, 9.17) is 0 Å². The lowest BCUT2D eigenvalue weighted by atomic mass is 10.0. The minimum absolute atomic E-state index is 0.00171. The van der Waals surface area contributed by atoms with Gasteiger partial charge in [-0.3, -0.25) is 4.79 Å². The molecule has 1 aliphatic heterocycles. The van der Waals surface area contributed by atoms with Crippen LogP contribution in [0.3, 0.4) is 0 Å². The quantitative estimate of drug-likeness (QED) is 0.820. The third-order valence-corrected chi connectivity index (χ3v) is 4.34. The van der Waals surface area contributed by atoms with Gasteiger partial charge in [0.25, 0.3) is 0 Å². The van der Waals surface area contributed by atoms with Crippen molar-refractivity contribution < 1.29 is 4.79 Å². The Morgan fingerprint density at radius 3 is 3.18 bits per heavy atom. The zero-order chi connectivity index (χ0) is 12.1. The van der Waals surface area contributed by atoms with Crippen molar-refractivity contribution in [1.29, 1.82) is 0 Å². The predicted molar refractivity (Wildman–Crippen MR) is 76.1 cm³/mol. The fraction of sp³-hybridized carbons (Fsp3) is 0.462. The van der Waals surface area contributed by atoms with Gasteiger partial charge >= 0.3 is 0 Å². The molecular weight excluding hydrogens is 250 g/mol. The minimum atomic E-state index is 0.00171. The first kappa shape index (κ1) is 12.8. The van der Waals surface area contributed by atoms with Crippen LogP contribution in [0.15, 0.2) is 23.1 Å². The summed E-state index contributed by atoms with van der Waals surface area (Å²) in [5.74, 6) is 1.51. The van der Waals surface area contributed by atoms with Gasteiger partial charge in [0.2, 0.25) is 5.91 Å². The standard InChI is InChI=1S/C13H17NOS2/c15-13(9-16)14-6-5-10-3-4-12-11(8-10)2-1-7-17-12/h3-4,8,16H,1-2,5-7,9H2,(H,14,15). The lowest BCUT2D eigenvalue weighted by Crippen LogP contribution is -2.26. The molecule has 0 atom stereocenters. The molecule has 2 rings (SSSR count). The Balaban J connectivity index is 1.91. The normalized spacial score (nSPS) is 14.2. The predicted octanol–water partition coefficient (Wildman–Crippen LogP) is 2.31. The number of rotatable bonds is 4. The molecule has 0 bridgehead atoms. The molecule has 1 amide bonds. The number of amides is 1. The van der Waals surface area contributed by atoms with Crippen LogP contribution in [0, 0.1) is 0 Å². The van der Waals surface area contributed by atoms with Crippen LogP contribution in [-0.4, -0.2) is 24.0 Å². The summed E-state index contributed by atoms with van der Waals surface area (Å²) in [6.07, 6.45) is 3.37. The second-order valence-corrected chi connectivity index (χ2v) is 5.61. The lowest BCUT2D eigenvalue weighted by Gasteiger charge is -2.16. The highest BCUT2D eigenvalue weighted by molar-refractivity contribution is 7.99. The van der Waals surface area contributed by atoms with Crippen LogP contribution < -0.4 is 5.32 Å². The highest BCUT2D eigenvalue weighted by atomic mass is 32.2. The summed E-state index contributed by atoms with van der Waals surface area (Å²) >= 11 is 5.88. The first-order chi connectivity index (χ1) is 8.29. The van der Waals surface area contributed by atoms with Crippen molar-refractivity contribution in [2.75, 3.05) is 18.1 Å². The van der Waals surface area contributed by atoms with Gasteiger partial charge in [-0.2, -0.15) is 12.6 Å². The van der Waals surface area contributed by atoms with Crippen molar-refractivity contribution in [1.82, 2.24) is 5.32 Å². The van der Waals surface area contributed by atoms with E-state index in [0.717, 1.165) is 6.42 Å². The zero-order valence-corrected chi connectivity index (χ0v) is 11.4. The summed E-state index contributed by atoms with van der Waals surface area (Å²) in [7, 11) is 0. The van der Waals surface area contributed by atoms with E-state index in [9.17, 15) is 4.79 Å². The second-order valence-electron chi connectivity index (χ2n) is 4.15. The average molecular weight is 267 g/mol. The van der Waals surface area contributed by atoms with Gasteiger partial charge in [-0.1, -0.05) is 12.1 Å². The Labute approximate surface area is 112 Å². The molecule has 0 aliphatic carbocycles. The van der Waals surface area contributed by atoms with Gasteiger partial charge in [0.05, 0.1) is 5.75 Å². The summed E-state index contributed by atoms with van der Waals surface area (Å²) in [5, 5.41) is 2.84. The van der Waals surface area contributed by atoms with Crippen LogP contribution in [0.2, 0.25) is 0 Å². The lowest BCUT2D eigenvalue weighted by molar-refractivity contribution is -0.118. The Morgan fingerprint density at radius 2 is 2.35 bits per heavy atom. The second kappa shape index (κ2) is 6.36. The Bertz CT molecular complexity index is 406. The van der Waals surface area contributed by atoms with E-state index in [1.165, 1.54) is 34.6 Å².